The summed E-state index contributed by atoms with van der Waals surface area (Å²) in [6.45, 7) is 3.97. The molecule has 0 bridgehead atoms. The van der Waals surface area contributed by atoms with Gasteiger partial charge in [0.15, 0.2) is 0 Å². The second-order valence-corrected chi connectivity index (χ2v) is 5.97. The maximum Gasteiger partial charge on any atom is 0.323 e. The van der Waals surface area contributed by atoms with Crippen molar-refractivity contribution in [3.05, 3.63) is 83.9 Å². The molecule has 0 fully saturated rings. The molecule has 0 spiro atoms. The molecule has 3 aromatic carbocycles. The van der Waals surface area contributed by atoms with Crippen molar-refractivity contribution in [1.29, 1.82) is 0 Å². The summed E-state index contributed by atoms with van der Waals surface area (Å²) in [4.78, 5) is 12.2. The molecule has 4 nitrogen and oxygen atoms in total. The smallest absolute Gasteiger partial charge is 0.323 e. The summed E-state index contributed by atoms with van der Waals surface area (Å²) in [6.07, 6.45) is 0. The third kappa shape index (κ3) is 4.61. The Morgan fingerprint density at radius 1 is 0.720 bits per heavy atom. The first-order valence-electron chi connectivity index (χ1n) is 8.17. The second kappa shape index (κ2) is 7.53. The number of rotatable bonds is 4. The number of carbonyl (C=O) groups is 1. The highest BCUT2D eigenvalue weighted by Crippen LogP contribution is 2.20. The lowest BCUT2D eigenvalue weighted by atomic mass is 10.1. The van der Waals surface area contributed by atoms with Gasteiger partial charge < -0.3 is 16.0 Å². The minimum absolute atomic E-state index is 0.252. The van der Waals surface area contributed by atoms with Crippen LogP contribution in [0.25, 0.3) is 0 Å². The molecule has 0 aliphatic heterocycles. The van der Waals surface area contributed by atoms with Gasteiger partial charge in [-0.05, 0) is 67.4 Å². The quantitative estimate of drug-likeness (QED) is 0.575. The van der Waals surface area contributed by atoms with Gasteiger partial charge in [0.25, 0.3) is 0 Å². The van der Waals surface area contributed by atoms with Crippen molar-refractivity contribution in [2.24, 2.45) is 0 Å². The maximum atomic E-state index is 12.2. The zero-order valence-corrected chi connectivity index (χ0v) is 14.3. The number of carbonyl (C=O) groups excluding carboxylic acids is 1. The van der Waals surface area contributed by atoms with Crippen LogP contribution < -0.4 is 16.0 Å². The topological polar surface area (TPSA) is 53.2 Å². The van der Waals surface area contributed by atoms with E-state index in [2.05, 4.69) is 16.0 Å². The molecular weight excluding hydrogens is 310 g/mol. The van der Waals surface area contributed by atoms with Crippen molar-refractivity contribution in [2.45, 2.75) is 13.8 Å². The fourth-order valence-corrected chi connectivity index (χ4v) is 2.48. The third-order valence-corrected chi connectivity index (χ3v) is 3.85. The van der Waals surface area contributed by atoms with Gasteiger partial charge in [0.2, 0.25) is 0 Å². The molecule has 0 aliphatic rings. The second-order valence-electron chi connectivity index (χ2n) is 5.97. The summed E-state index contributed by atoms with van der Waals surface area (Å²) in [5, 5.41) is 9.05. The standard InChI is InChI=1S/C21H21N3O/c1-15-8-9-16(2)20(14-15)24-21(25)23-19-12-10-18(11-13-19)22-17-6-4-3-5-7-17/h3-14,22H,1-2H3,(H2,23,24,25). The molecule has 126 valence electrons. The minimum Gasteiger partial charge on any atom is -0.356 e. The van der Waals surface area contributed by atoms with Crippen LogP contribution in [0.5, 0.6) is 0 Å². The molecule has 0 atom stereocenters. The van der Waals surface area contributed by atoms with Crippen molar-refractivity contribution < 1.29 is 4.79 Å². The van der Waals surface area contributed by atoms with E-state index in [1.807, 2.05) is 86.6 Å². The first kappa shape index (κ1) is 16.6. The van der Waals surface area contributed by atoms with Gasteiger partial charge in [0, 0.05) is 22.7 Å². The number of urea groups is 1. The normalized spacial score (nSPS) is 10.2. The number of hydrogen-bond acceptors (Lipinski definition) is 2. The van der Waals surface area contributed by atoms with Crippen molar-refractivity contribution >= 4 is 28.8 Å². The number of hydrogen-bond donors (Lipinski definition) is 3. The lowest BCUT2D eigenvalue weighted by molar-refractivity contribution is 0.262. The Kier molecular flexibility index (Phi) is 5.00. The molecule has 0 saturated heterocycles. The van der Waals surface area contributed by atoms with E-state index in [1.165, 1.54) is 0 Å². The Morgan fingerprint density at radius 3 is 2.08 bits per heavy atom. The van der Waals surface area contributed by atoms with Crippen LogP contribution in [0.4, 0.5) is 27.5 Å². The summed E-state index contributed by atoms with van der Waals surface area (Å²) in [5.41, 5.74) is 5.68. The molecule has 0 aliphatic carbocycles. The zero-order chi connectivity index (χ0) is 17.6. The third-order valence-electron chi connectivity index (χ3n) is 3.85. The molecule has 4 heteroatoms. The molecule has 3 aromatic rings. The largest absolute Gasteiger partial charge is 0.356 e. The molecule has 0 aromatic heterocycles. The first-order chi connectivity index (χ1) is 12.1. The number of amides is 2. The Hall–Kier alpha value is -3.27. The Balaban J connectivity index is 1.61. The predicted molar refractivity (Wildman–Crippen MR) is 105 cm³/mol. The fourth-order valence-electron chi connectivity index (χ4n) is 2.48. The van der Waals surface area contributed by atoms with E-state index in [-0.39, 0.29) is 6.03 Å². The van der Waals surface area contributed by atoms with Gasteiger partial charge in [0.1, 0.15) is 0 Å². The van der Waals surface area contributed by atoms with Gasteiger partial charge in [-0.1, -0.05) is 30.3 Å². The minimum atomic E-state index is -0.252. The monoisotopic (exact) mass is 331 g/mol. The highest BCUT2D eigenvalue weighted by atomic mass is 16.2. The molecule has 0 saturated carbocycles. The van der Waals surface area contributed by atoms with E-state index in [9.17, 15) is 4.79 Å². The number of aryl methyl sites for hydroxylation is 2. The summed E-state index contributed by atoms with van der Waals surface area (Å²) < 4.78 is 0. The van der Waals surface area contributed by atoms with Crippen LogP contribution in [0.1, 0.15) is 11.1 Å². The van der Waals surface area contributed by atoms with Gasteiger partial charge >= 0.3 is 6.03 Å². The maximum absolute atomic E-state index is 12.2. The highest BCUT2D eigenvalue weighted by Gasteiger charge is 2.05. The van der Waals surface area contributed by atoms with E-state index in [0.717, 1.165) is 33.9 Å². The van der Waals surface area contributed by atoms with E-state index in [4.69, 9.17) is 0 Å². The lowest BCUT2D eigenvalue weighted by Gasteiger charge is -2.11. The van der Waals surface area contributed by atoms with E-state index < -0.39 is 0 Å². The number of para-hydroxylation sites is 1. The van der Waals surface area contributed by atoms with Crippen LogP contribution in [-0.2, 0) is 0 Å². The molecule has 25 heavy (non-hydrogen) atoms. The molecular formula is C21H21N3O. The molecule has 0 radical (unpaired) electrons. The average Bonchev–Trinajstić information content (AvgIpc) is 2.61. The van der Waals surface area contributed by atoms with Crippen molar-refractivity contribution in [3.8, 4) is 0 Å². The molecule has 3 N–H and O–H groups in total. The van der Waals surface area contributed by atoms with Gasteiger partial charge in [-0.3, -0.25) is 0 Å². The van der Waals surface area contributed by atoms with Gasteiger partial charge in [-0.15, -0.1) is 0 Å². The van der Waals surface area contributed by atoms with Gasteiger partial charge in [-0.25, -0.2) is 4.79 Å². The lowest BCUT2D eigenvalue weighted by Crippen LogP contribution is -2.20. The fraction of sp³-hybridized carbons (Fsp3) is 0.0952. The highest BCUT2D eigenvalue weighted by molar-refractivity contribution is 6.00. The first-order valence-corrected chi connectivity index (χ1v) is 8.17. The SMILES string of the molecule is Cc1ccc(C)c(NC(=O)Nc2ccc(Nc3ccccc3)cc2)c1. The summed E-state index contributed by atoms with van der Waals surface area (Å²) in [7, 11) is 0. The molecule has 3 rings (SSSR count). The number of benzene rings is 3. The summed E-state index contributed by atoms with van der Waals surface area (Å²) in [6, 6.07) is 23.3. The van der Waals surface area contributed by atoms with Crippen molar-refractivity contribution in [3.63, 3.8) is 0 Å². The van der Waals surface area contributed by atoms with Crippen LogP contribution in [-0.4, -0.2) is 6.03 Å². The molecule has 2 amide bonds. The van der Waals surface area contributed by atoms with Gasteiger partial charge in [0.05, 0.1) is 0 Å². The molecule has 0 heterocycles. The van der Waals surface area contributed by atoms with Crippen LogP contribution in [0.15, 0.2) is 72.8 Å². The average molecular weight is 331 g/mol. The predicted octanol–water partition coefficient (Wildman–Crippen LogP) is 5.69. The zero-order valence-electron chi connectivity index (χ0n) is 14.3. The summed E-state index contributed by atoms with van der Waals surface area (Å²) >= 11 is 0. The van der Waals surface area contributed by atoms with E-state index in [1.54, 1.807) is 0 Å². The van der Waals surface area contributed by atoms with Crippen molar-refractivity contribution in [1.82, 2.24) is 0 Å². The number of nitrogens with one attached hydrogen (secondary N) is 3. The Bertz CT molecular complexity index is 858. The van der Waals surface area contributed by atoms with E-state index in [0.29, 0.717) is 0 Å². The molecule has 0 unspecified atom stereocenters. The van der Waals surface area contributed by atoms with Crippen LogP contribution in [0.3, 0.4) is 0 Å². The number of anilines is 4. The van der Waals surface area contributed by atoms with Gasteiger partial charge in [-0.2, -0.15) is 0 Å². The Morgan fingerprint density at radius 2 is 1.36 bits per heavy atom. The summed E-state index contributed by atoms with van der Waals surface area (Å²) in [5.74, 6) is 0. The Labute approximate surface area is 147 Å². The van der Waals surface area contributed by atoms with E-state index >= 15 is 0 Å². The van der Waals surface area contributed by atoms with Crippen LogP contribution >= 0.6 is 0 Å². The van der Waals surface area contributed by atoms with Crippen LogP contribution in [0, 0.1) is 13.8 Å². The van der Waals surface area contributed by atoms with Crippen molar-refractivity contribution in [2.75, 3.05) is 16.0 Å². The van der Waals surface area contributed by atoms with Crippen LogP contribution in [0.2, 0.25) is 0 Å².